The van der Waals surface area contributed by atoms with Gasteiger partial charge in [0.25, 0.3) is 0 Å². The fourth-order valence-electron chi connectivity index (χ4n) is 0.437. The summed E-state index contributed by atoms with van der Waals surface area (Å²) in [4.78, 5) is 0. The fraction of sp³-hybridized carbons (Fsp3) is 0.429. The standard InChI is InChI=1S/C7H11BrClN/c1-7(8)6-10-5-3-2-4-9/h2-3,10H,1,4-6H2/b3-2+. The summed E-state index contributed by atoms with van der Waals surface area (Å²) in [7, 11) is 0. The van der Waals surface area contributed by atoms with E-state index >= 15 is 0 Å². The van der Waals surface area contributed by atoms with E-state index in [1.165, 1.54) is 0 Å². The quantitative estimate of drug-likeness (QED) is 0.429. The highest BCUT2D eigenvalue weighted by atomic mass is 79.9. The van der Waals surface area contributed by atoms with Gasteiger partial charge in [-0.15, -0.1) is 11.6 Å². The molecule has 0 fully saturated rings. The van der Waals surface area contributed by atoms with Crippen molar-refractivity contribution in [3.63, 3.8) is 0 Å². The van der Waals surface area contributed by atoms with Crippen LogP contribution in [-0.4, -0.2) is 19.0 Å². The largest absolute Gasteiger partial charge is 0.309 e. The molecule has 0 bridgehead atoms. The van der Waals surface area contributed by atoms with Crippen LogP contribution in [0.1, 0.15) is 0 Å². The molecule has 1 nitrogen and oxygen atoms in total. The van der Waals surface area contributed by atoms with Gasteiger partial charge in [-0.1, -0.05) is 34.7 Å². The molecular weight excluding hydrogens is 213 g/mol. The van der Waals surface area contributed by atoms with Gasteiger partial charge in [0.2, 0.25) is 0 Å². The summed E-state index contributed by atoms with van der Waals surface area (Å²) < 4.78 is 0.965. The van der Waals surface area contributed by atoms with Crippen LogP contribution in [0.15, 0.2) is 23.2 Å². The Morgan fingerprint density at radius 1 is 1.60 bits per heavy atom. The van der Waals surface area contributed by atoms with Crippen LogP contribution in [0.5, 0.6) is 0 Å². The van der Waals surface area contributed by atoms with E-state index in [0.29, 0.717) is 5.88 Å². The molecule has 0 aromatic carbocycles. The maximum atomic E-state index is 5.40. The van der Waals surface area contributed by atoms with Gasteiger partial charge in [-0.3, -0.25) is 0 Å². The average molecular weight is 225 g/mol. The van der Waals surface area contributed by atoms with Crippen LogP contribution in [0, 0.1) is 0 Å². The average Bonchev–Trinajstić information content (AvgIpc) is 1.87. The highest BCUT2D eigenvalue weighted by Crippen LogP contribution is 1.95. The zero-order valence-electron chi connectivity index (χ0n) is 5.74. The van der Waals surface area contributed by atoms with E-state index in [9.17, 15) is 0 Å². The Hall–Kier alpha value is 0.210. The van der Waals surface area contributed by atoms with Crippen molar-refractivity contribution in [1.29, 1.82) is 0 Å². The number of alkyl halides is 1. The molecule has 1 N–H and O–H groups in total. The highest BCUT2D eigenvalue weighted by molar-refractivity contribution is 9.11. The van der Waals surface area contributed by atoms with Crippen molar-refractivity contribution in [3.05, 3.63) is 23.2 Å². The number of rotatable bonds is 5. The van der Waals surface area contributed by atoms with Crippen molar-refractivity contribution in [2.45, 2.75) is 0 Å². The number of allylic oxidation sites excluding steroid dienone is 1. The van der Waals surface area contributed by atoms with Crippen LogP contribution >= 0.6 is 27.5 Å². The van der Waals surface area contributed by atoms with Gasteiger partial charge >= 0.3 is 0 Å². The first kappa shape index (κ1) is 10.2. The van der Waals surface area contributed by atoms with Gasteiger partial charge < -0.3 is 5.32 Å². The molecule has 0 saturated carbocycles. The normalized spacial score (nSPS) is 10.6. The second kappa shape index (κ2) is 7.32. The lowest BCUT2D eigenvalue weighted by molar-refractivity contribution is 0.839. The van der Waals surface area contributed by atoms with Crippen LogP contribution in [-0.2, 0) is 0 Å². The molecule has 58 valence electrons. The van der Waals surface area contributed by atoms with Crippen LogP contribution in [0.3, 0.4) is 0 Å². The molecule has 10 heavy (non-hydrogen) atoms. The highest BCUT2D eigenvalue weighted by Gasteiger charge is 1.82. The molecule has 0 radical (unpaired) electrons. The molecule has 0 saturated heterocycles. The van der Waals surface area contributed by atoms with E-state index in [-0.39, 0.29) is 0 Å². The Morgan fingerprint density at radius 2 is 2.30 bits per heavy atom. The minimum atomic E-state index is 0.580. The van der Waals surface area contributed by atoms with Crippen molar-refractivity contribution < 1.29 is 0 Å². The van der Waals surface area contributed by atoms with Gasteiger partial charge in [-0.2, -0.15) is 0 Å². The number of halogens is 2. The second-order valence-corrected chi connectivity index (χ2v) is 3.20. The third kappa shape index (κ3) is 8.21. The molecule has 0 aliphatic rings. The SMILES string of the molecule is C=C(Br)CNC/C=C/CCl. The minimum Gasteiger partial charge on any atom is -0.309 e. The Morgan fingerprint density at radius 3 is 2.80 bits per heavy atom. The lowest BCUT2D eigenvalue weighted by Gasteiger charge is -1.96. The summed E-state index contributed by atoms with van der Waals surface area (Å²) in [5, 5.41) is 3.13. The lowest BCUT2D eigenvalue weighted by Crippen LogP contribution is -2.14. The van der Waals surface area contributed by atoms with Gasteiger partial charge in [0, 0.05) is 23.5 Å². The second-order valence-electron chi connectivity index (χ2n) is 1.77. The van der Waals surface area contributed by atoms with E-state index in [4.69, 9.17) is 11.6 Å². The molecule has 0 spiro atoms. The van der Waals surface area contributed by atoms with Crippen LogP contribution in [0.25, 0.3) is 0 Å². The first-order valence-corrected chi connectivity index (χ1v) is 4.35. The molecule has 0 aromatic rings. The first-order valence-electron chi connectivity index (χ1n) is 3.02. The third-order valence-corrected chi connectivity index (χ3v) is 1.29. The molecule has 0 atom stereocenters. The van der Waals surface area contributed by atoms with Crippen LogP contribution < -0.4 is 5.32 Å². The predicted molar refractivity (Wildman–Crippen MR) is 50.8 cm³/mol. The summed E-state index contributed by atoms with van der Waals surface area (Å²) in [6.45, 7) is 5.32. The molecule has 0 heterocycles. The van der Waals surface area contributed by atoms with Gasteiger partial charge in [-0.05, 0) is 0 Å². The topological polar surface area (TPSA) is 12.0 Å². The summed E-state index contributed by atoms with van der Waals surface area (Å²) in [5.41, 5.74) is 0. The first-order chi connectivity index (χ1) is 4.77. The van der Waals surface area contributed by atoms with Crippen LogP contribution in [0.2, 0.25) is 0 Å². The summed E-state index contributed by atoms with van der Waals surface area (Å²) in [6, 6.07) is 0. The van der Waals surface area contributed by atoms with E-state index in [1.54, 1.807) is 0 Å². The smallest absolute Gasteiger partial charge is 0.0404 e. The van der Waals surface area contributed by atoms with Crippen molar-refractivity contribution in [1.82, 2.24) is 5.32 Å². The Kier molecular flexibility index (Phi) is 7.47. The summed E-state index contributed by atoms with van der Waals surface area (Å²) in [6.07, 6.45) is 3.90. The van der Waals surface area contributed by atoms with Gasteiger partial charge in [0.1, 0.15) is 0 Å². The van der Waals surface area contributed by atoms with Crippen LogP contribution in [0.4, 0.5) is 0 Å². The maximum absolute atomic E-state index is 5.40. The number of hydrogen-bond acceptors (Lipinski definition) is 1. The van der Waals surface area contributed by atoms with E-state index < -0.39 is 0 Å². The zero-order chi connectivity index (χ0) is 7.82. The van der Waals surface area contributed by atoms with Gasteiger partial charge in [0.05, 0.1) is 0 Å². The summed E-state index contributed by atoms with van der Waals surface area (Å²) in [5.74, 6) is 0.580. The van der Waals surface area contributed by atoms with Crippen molar-refractivity contribution in [2.75, 3.05) is 19.0 Å². The predicted octanol–water partition coefficient (Wildman–Crippen LogP) is 2.28. The molecule has 0 aliphatic heterocycles. The number of nitrogens with one attached hydrogen (secondary N) is 1. The summed E-state index contributed by atoms with van der Waals surface area (Å²) >= 11 is 8.64. The van der Waals surface area contributed by atoms with E-state index in [1.807, 2.05) is 12.2 Å². The Balaban J connectivity index is 3.05. The van der Waals surface area contributed by atoms with Crippen molar-refractivity contribution in [2.24, 2.45) is 0 Å². The third-order valence-electron chi connectivity index (χ3n) is 0.835. The monoisotopic (exact) mass is 223 g/mol. The maximum Gasteiger partial charge on any atom is 0.0404 e. The Labute approximate surface area is 75.3 Å². The van der Waals surface area contributed by atoms with E-state index in [2.05, 4.69) is 27.8 Å². The van der Waals surface area contributed by atoms with Crippen molar-refractivity contribution in [3.8, 4) is 0 Å². The molecule has 3 heteroatoms. The molecular formula is C7H11BrClN. The number of hydrogen-bond donors (Lipinski definition) is 1. The molecule has 0 rings (SSSR count). The van der Waals surface area contributed by atoms with Gasteiger partial charge in [-0.25, -0.2) is 0 Å². The minimum absolute atomic E-state index is 0.580. The van der Waals surface area contributed by atoms with E-state index in [0.717, 1.165) is 17.6 Å². The molecule has 0 aliphatic carbocycles. The fourth-order valence-corrected chi connectivity index (χ4v) is 0.762. The van der Waals surface area contributed by atoms with Crippen molar-refractivity contribution >= 4 is 27.5 Å². The Bertz CT molecular complexity index is 123. The van der Waals surface area contributed by atoms with Gasteiger partial charge in [0.15, 0.2) is 0 Å². The molecule has 0 amide bonds. The molecule has 0 aromatic heterocycles. The zero-order valence-corrected chi connectivity index (χ0v) is 8.08. The molecule has 0 unspecified atom stereocenters. The lowest BCUT2D eigenvalue weighted by atomic mass is 10.5.